The molecule has 1 fully saturated rings. The van der Waals surface area contributed by atoms with E-state index in [1.807, 2.05) is 42.4 Å². The summed E-state index contributed by atoms with van der Waals surface area (Å²) in [5.74, 6) is 1.03. The van der Waals surface area contributed by atoms with E-state index in [2.05, 4.69) is 40.9 Å². The Morgan fingerprint density at radius 1 is 1.30 bits per heavy atom. The van der Waals surface area contributed by atoms with Crippen LogP contribution in [0, 0.1) is 0 Å². The Balaban J connectivity index is 1.42. The lowest BCUT2D eigenvalue weighted by Gasteiger charge is -2.40. The summed E-state index contributed by atoms with van der Waals surface area (Å²) >= 11 is 1.64. The van der Waals surface area contributed by atoms with Gasteiger partial charge in [0, 0.05) is 43.0 Å². The number of aromatic amines is 1. The van der Waals surface area contributed by atoms with E-state index in [4.69, 9.17) is 14.8 Å². The summed E-state index contributed by atoms with van der Waals surface area (Å²) in [6.07, 6.45) is 5.37. The lowest BCUT2D eigenvalue weighted by Crippen LogP contribution is -2.55. The maximum atomic E-state index is 12.5. The third-order valence-electron chi connectivity index (χ3n) is 6.64. The number of methoxy groups -OCH3 is 1. The minimum atomic E-state index is 0.174. The van der Waals surface area contributed by atoms with Crippen LogP contribution in [0.2, 0.25) is 0 Å². The number of pyridine rings is 1. The van der Waals surface area contributed by atoms with Gasteiger partial charge in [0.1, 0.15) is 22.0 Å². The van der Waals surface area contributed by atoms with E-state index < -0.39 is 0 Å². The van der Waals surface area contributed by atoms with Gasteiger partial charge >= 0.3 is 0 Å². The number of nitrogens with one attached hydrogen (secondary N) is 1. The van der Waals surface area contributed by atoms with Crippen LogP contribution in [0.15, 0.2) is 24.8 Å². The summed E-state index contributed by atoms with van der Waals surface area (Å²) in [6.45, 7) is 9.10. The molecule has 0 saturated carbocycles. The van der Waals surface area contributed by atoms with Crippen LogP contribution in [0.25, 0.3) is 27.6 Å². The third-order valence-corrected chi connectivity index (χ3v) is 7.68. The molecule has 1 amide bonds. The number of H-pyrrole nitrogens is 1. The van der Waals surface area contributed by atoms with Crippen LogP contribution >= 0.6 is 11.3 Å². The number of thiazole rings is 1. The van der Waals surface area contributed by atoms with Crippen molar-refractivity contribution in [3.63, 3.8) is 0 Å². The molecule has 0 spiro atoms. The van der Waals surface area contributed by atoms with E-state index in [0.717, 1.165) is 39.1 Å². The highest BCUT2D eigenvalue weighted by Gasteiger charge is 2.29. The van der Waals surface area contributed by atoms with Crippen LogP contribution in [-0.2, 0) is 4.79 Å². The molecule has 5 rings (SSSR count). The average molecular weight is 524 g/mol. The molecule has 11 nitrogen and oxygen atoms in total. The van der Waals surface area contributed by atoms with E-state index in [1.54, 1.807) is 23.0 Å². The Hall–Kier alpha value is -3.51. The first-order valence-corrected chi connectivity index (χ1v) is 13.2. The number of likely N-dealkylation sites (N-methyl/N-ethyl adjacent to an activating group) is 1. The summed E-state index contributed by atoms with van der Waals surface area (Å²) in [6, 6.07) is 2.16. The highest BCUT2D eigenvalue weighted by molar-refractivity contribution is 7.18. The number of amides is 1. The number of piperazine rings is 1. The second-order valence-corrected chi connectivity index (χ2v) is 11.0. The highest BCUT2D eigenvalue weighted by Crippen LogP contribution is 2.40. The molecule has 1 N–H and O–H groups in total. The van der Waals surface area contributed by atoms with Crippen molar-refractivity contribution < 1.29 is 9.53 Å². The number of ether oxygens (including phenoxy) is 1. The van der Waals surface area contributed by atoms with Crippen LogP contribution in [0.4, 0.5) is 5.00 Å². The van der Waals surface area contributed by atoms with Crippen molar-refractivity contribution in [1.29, 1.82) is 0 Å². The molecule has 4 aromatic rings. The predicted octanol–water partition coefficient (Wildman–Crippen LogP) is 2.97. The summed E-state index contributed by atoms with van der Waals surface area (Å²) < 4.78 is 7.27. The zero-order chi connectivity index (χ0) is 26.3. The fraction of sp³-hybridized carbons (Fsp3) is 0.480. The molecule has 4 aromatic heterocycles. The van der Waals surface area contributed by atoms with Gasteiger partial charge in [-0.05, 0) is 33.0 Å². The zero-order valence-corrected chi connectivity index (χ0v) is 22.9. The monoisotopic (exact) mass is 523 g/mol. The Kier molecular flexibility index (Phi) is 6.86. The first kappa shape index (κ1) is 25.2. The van der Waals surface area contributed by atoms with Gasteiger partial charge in [-0.3, -0.25) is 9.89 Å². The standard InChI is InChI=1S/C25H33N9O2S/c1-15(2)21-22(17-9-18(36-6)24-27-14-28-34(24)12-17)29-30-23(21)25-26-10-20(37-25)33-8-7-32(11-16(33)3)19(35)13-31(4)5/h9-10,12,14-16H,7-8,11,13H2,1-6H3,(H,29,30)/t16-/m1/s1. The zero-order valence-electron chi connectivity index (χ0n) is 22.1. The summed E-state index contributed by atoms with van der Waals surface area (Å²) in [4.78, 5) is 27.8. The normalized spacial score (nSPS) is 16.4. The van der Waals surface area contributed by atoms with Crippen LogP contribution in [0.3, 0.4) is 0 Å². The van der Waals surface area contributed by atoms with E-state index in [0.29, 0.717) is 31.0 Å². The molecule has 1 aliphatic rings. The number of carbonyl (C=O) groups excluding carboxylic acids is 1. The molecule has 12 heteroatoms. The van der Waals surface area contributed by atoms with Gasteiger partial charge in [0.2, 0.25) is 5.91 Å². The van der Waals surface area contributed by atoms with Gasteiger partial charge in [0.05, 0.1) is 25.5 Å². The molecule has 1 saturated heterocycles. The van der Waals surface area contributed by atoms with Gasteiger partial charge in [0.15, 0.2) is 11.4 Å². The van der Waals surface area contributed by atoms with Crippen LogP contribution < -0.4 is 9.64 Å². The summed E-state index contributed by atoms with van der Waals surface area (Å²) in [5.41, 5.74) is 4.44. The van der Waals surface area contributed by atoms with E-state index >= 15 is 0 Å². The molecule has 37 heavy (non-hydrogen) atoms. The van der Waals surface area contributed by atoms with Crippen molar-refractivity contribution in [2.45, 2.75) is 32.7 Å². The first-order chi connectivity index (χ1) is 17.8. The van der Waals surface area contributed by atoms with Gasteiger partial charge in [-0.2, -0.15) is 10.2 Å². The maximum absolute atomic E-state index is 12.5. The quantitative estimate of drug-likeness (QED) is 0.394. The minimum absolute atomic E-state index is 0.174. The van der Waals surface area contributed by atoms with Gasteiger partial charge < -0.3 is 19.4 Å². The largest absolute Gasteiger partial charge is 0.493 e. The Bertz CT molecular complexity index is 1410. The molecule has 0 aromatic carbocycles. The SMILES string of the molecule is COc1cc(-c2[nH]nc(-c3ncc(N4CCN(C(=O)CN(C)C)C[C@H]4C)s3)c2C(C)C)cn2ncnc12. The van der Waals surface area contributed by atoms with Crippen LogP contribution in [0.1, 0.15) is 32.3 Å². The molecule has 0 unspecified atom stereocenters. The number of anilines is 1. The molecule has 196 valence electrons. The van der Waals surface area contributed by atoms with Crippen molar-refractivity contribution in [2.24, 2.45) is 0 Å². The molecule has 0 radical (unpaired) electrons. The minimum Gasteiger partial charge on any atom is -0.493 e. The maximum Gasteiger partial charge on any atom is 0.236 e. The van der Waals surface area contributed by atoms with Gasteiger partial charge in [-0.1, -0.05) is 25.2 Å². The Labute approximate surface area is 220 Å². The van der Waals surface area contributed by atoms with Crippen molar-refractivity contribution in [1.82, 2.24) is 39.6 Å². The molecule has 0 aliphatic carbocycles. The van der Waals surface area contributed by atoms with Crippen molar-refractivity contribution in [3.05, 3.63) is 30.4 Å². The van der Waals surface area contributed by atoms with Gasteiger partial charge in [-0.25, -0.2) is 14.5 Å². The van der Waals surface area contributed by atoms with Crippen LogP contribution in [-0.4, -0.2) is 98.9 Å². The van der Waals surface area contributed by atoms with Gasteiger partial charge in [0.25, 0.3) is 0 Å². The fourth-order valence-electron chi connectivity index (χ4n) is 4.87. The topological polar surface area (TPSA) is 108 Å². The highest BCUT2D eigenvalue weighted by atomic mass is 32.1. The van der Waals surface area contributed by atoms with Crippen molar-refractivity contribution >= 4 is 27.9 Å². The number of hydrogen-bond acceptors (Lipinski definition) is 9. The summed E-state index contributed by atoms with van der Waals surface area (Å²) in [5, 5.41) is 14.2. The Morgan fingerprint density at radius 2 is 2.11 bits per heavy atom. The first-order valence-electron chi connectivity index (χ1n) is 12.4. The molecular formula is C25H33N9O2S. The van der Waals surface area contributed by atoms with Crippen LogP contribution in [0.5, 0.6) is 5.75 Å². The predicted molar refractivity (Wildman–Crippen MR) is 144 cm³/mol. The lowest BCUT2D eigenvalue weighted by atomic mass is 9.97. The molecule has 1 atom stereocenters. The van der Waals surface area contributed by atoms with Crippen molar-refractivity contribution in [3.8, 4) is 27.7 Å². The van der Waals surface area contributed by atoms with Crippen molar-refractivity contribution in [2.75, 3.05) is 52.3 Å². The van der Waals surface area contributed by atoms with E-state index in [1.165, 1.54) is 6.33 Å². The van der Waals surface area contributed by atoms with E-state index in [9.17, 15) is 4.79 Å². The number of hydrogen-bond donors (Lipinski definition) is 1. The number of nitrogens with zero attached hydrogens (tertiary/aromatic N) is 8. The number of rotatable bonds is 7. The molecule has 1 aliphatic heterocycles. The summed E-state index contributed by atoms with van der Waals surface area (Å²) in [7, 11) is 5.48. The van der Waals surface area contributed by atoms with E-state index in [-0.39, 0.29) is 17.9 Å². The fourth-order valence-corrected chi connectivity index (χ4v) is 5.92. The second-order valence-electron chi connectivity index (χ2n) is 9.96. The average Bonchev–Trinajstić information content (AvgIpc) is 3.61. The Morgan fingerprint density at radius 3 is 2.81 bits per heavy atom. The molecule has 5 heterocycles. The number of aromatic nitrogens is 6. The second kappa shape index (κ2) is 10.1. The third kappa shape index (κ3) is 4.78. The molecular weight excluding hydrogens is 490 g/mol. The number of carbonyl (C=O) groups is 1. The molecule has 0 bridgehead atoms. The lowest BCUT2D eigenvalue weighted by molar-refractivity contribution is -0.132. The number of fused-ring (bicyclic) bond motifs is 1. The van der Waals surface area contributed by atoms with Gasteiger partial charge in [-0.15, -0.1) is 0 Å². The smallest absolute Gasteiger partial charge is 0.236 e.